The Kier molecular flexibility index (Phi) is 5.18. The smallest absolute Gasteiger partial charge is 0.220 e. The van der Waals surface area contributed by atoms with Crippen molar-refractivity contribution < 1.29 is 13.2 Å². The molecule has 3 N–H and O–H groups in total. The number of hydrogen-bond donors (Lipinski definition) is 3. The van der Waals surface area contributed by atoms with Crippen LogP contribution < -0.4 is 15.4 Å². The first-order valence-electron chi connectivity index (χ1n) is 7.05. The van der Waals surface area contributed by atoms with Gasteiger partial charge in [-0.15, -0.1) is 0 Å². The van der Waals surface area contributed by atoms with Crippen LogP contribution in [0.15, 0.2) is 0 Å². The first kappa shape index (κ1) is 14.7. The largest absolute Gasteiger partial charge is 0.352 e. The van der Waals surface area contributed by atoms with E-state index < -0.39 is 10.0 Å². The van der Waals surface area contributed by atoms with Gasteiger partial charge < -0.3 is 10.6 Å². The number of rotatable bonds is 6. The fourth-order valence-corrected chi connectivity index (χ4v) is 3.79. The SMILES string of the molecule is O=C1CCC(CNS(=O)(=O)CCC2CCCCN2)N1. The van der Waals surface area contributed by atoms with Crippen molar-refractivity contribution in [1.82, 2.24) is 15.4 Å². The lowest BCUT2D eigenvalue weighted by Crippen LogP contribution is -2.41. The van der Waals surface area contributed by atoms with Crippen molar-refractivity contribution >= 4 is 15.9 Å². The molecule has 2 fully saturated rings. The Morgan fingerprint density at radius 1 is 1.21 bits per heavy atom. The monoisotopic (exact) mass is 289 g/mol. The standard InChI is InChI=1S/C12H23N3O3S/c16-12-5-4-11(15-12)9-14-19(17,18)8-6-10-3-1-2-7-13-10/h10-11,13-14H,1-9H2,(H,15,16). The van der Waals surface area contributed by atoms with E-state index in [9.17, 15) is 13.2 Å². The molecule has 2 heterocycles. The molecule has 0 radical (unpaired) electrons. The number of carbonyl (C=O) groups is 1. The second kappa shape index (κ2) is 6.67. The van der Waals surface area contributed by atoms with E-state index in [2.05, 4.69) is 15.4 Å². The predicted octanol–water partition coefficient (Wildman–Crippen LogP) is -0.283. The van der Waals surface area contributed by atoms with Crippen LogP contribution in [0.5, 0.6) is 0 Å². The molecule has 0 aromatic rings. The van der Waals surface area contributed by atoms with Gasteiger partial charge in [-0.05, 0) is 32.2 Å². The van der Waals surface area contributed by atoms with Crippen LogP contribution >= 0.6 is 0 Å². The van der Waals surface area contributed by atoms with Gasteiger partial charge in [0.05, 0.1) is 5.75 Å². The molecule has 0 spiro atoms. The molecule has 0 bridgehead atoms. The average Bonchev–Trinajstić information content (AvgIpc) is 2.82. The summed E-state index contributed by atoms with van der Waals surface area (Å²) in [6, 6.07) is 0.284. The van der Waals surface area contributed by atoms with Crippen molar-refractivity contribution in [3.8, 4) is 0 Å². The maximum Gasteiger partial charge on any atom is 0.220 e. The van der Waals surface area contributed by atoms with E-state index in [-0.39, 0.29) is 17.7 Å². The summed E-state index contributed by atoms with van der Waals surface area (Å²) in [6.07, 6.45) is 5.30. The van der Waals surface area contributed by atoms with E-state index in [0.717, 1.165) is 13.0 Å². The number of hydrogen-bond acceptors (Lipinski definition) is 4. The lowest BCUT2D eigenvalue weighted by molar-refractivity contribution is -0.119. The second-order valence-corrected chi connectivity index (χ2v) is 7.33. The van der Waals surface area contributed by atoms with Crippen LogP contribution in [0.4, 0.5) is 0 Å². The third kappa shape index (κ3) is 5.08. The van der Waals surface area contributed by atoms with Gasteiger partial charge in [0.1, 0.15) is 0 Å². The Bertz CT molecular complexity index is 404. The van der Waals surface area contributed by atoms with E-state index in [1.54, 1.807) is 0 Å². The van der Waals surface area contributed by atoms with Crippen LogP contribution in [-0.4, -0.2) is 45.3 Å². The summed E-state index contributed by atoms with van der Waals surface area (Å²) in [5.74, 6) is 0.168. The number of amides is 1. The topological polar surface area (TPSA) is 87.3 Å². The van der Waals surface area contributed by atoms with Gasteiger partial charge in [-0.1, -0.05) is 6.42 Å². The molecule has 6 nitrogen and oxygen atoms in total. The van der Waals surface area contributed by atoms with Gasteiger partial charge in [0.25, 0.3) is 0 Å². The normalized spacial score (nSPS) is 28.3. The summed E-state index contributed by atoms with van der Waals surface area (Å²) in [5.41, 5.74) is 0. The molecule has 0 saturated carbocycles. The molecule has 0 aromatic carbocycles. The van der Waals surface area contributed by atoms with Gasteiger partial charge in [0.15, 0.2) is 0 Å². The quantitative estimate of drug-likeness (QED) is 0.627. The minimum absolute atomic E-state index is 0.00982. The van der Waals surface area contributed by atoms with Gasteiger partial charge in [0.2, 0.25) is 15.9 Å². The molecule has 19 heavy (non-hydrogen) atoms. The van der Waals surface area contributed by atoms with Crippen LogP contribution in [0.3, 0.4) is 0 Å². The minimum atomic E-state index is -3.23. The Morgan fingerprint density at radius 3 is 2.68 bits per heavy atom. The Morgan fingerprint density at radius 2 is 2.05 bits per heavy atom. The lowest BCUT2D eigenvalue weighted by atomic mass is 10.0. The fourth-order valence-electron chi connectivity index (χ4n) is 2.60. The average molecular weight is 289 g/mol. The summed E-state index contributed by atoms with van der Waals surface area (Å²) in [7, 11) is -3.23. The Hall–Kier alpha value is -0.660. The Labute approximate surface area is 114 Å². The molecule has 2 unspecified atom stereocenters. The zero-order chi connectivity index (χ0) is 13.7. The molecule has 2 aliphatic rings. The van der Waals surface area contributed by atoms with Gasteiger partial charge in [-0.3, -0.25) is 4.79 Å². The maximum atomic E-state index is 11.9. The van der Waals surface area contributed by atoms with Crippen molar-refractivity contribution in [3.63, 3.8) is 0 Å². The zero-order valence-corrected chi connectivity index (χ0v) is 12.0. The molecule has 0 aromatic heterocycles. The third-order valence-corrected chi connectivity index (χ3v) is 5.16. The van der Waals surface area contributed by atoms with Crippen molar-refractivity contribution in [2.45, 2.75) is 50.6 Å². The van der Waals surface area contributed by atoms with Gasteiger partial charge in [0, 0.05) is 25.0 Å². The predicted molar refractivity (Wildman–Crippen MR) is 73.2 cm³/mol. The number of piperidine rings is 1. The molecule has 0 aliphatic carbocycles. The number of carbonyl (C=O) groups excluding carboxylic acids is 1. The Balaban J connectivity index is 1.67. The van der Waals surface area contributed by atoms with Crippen LogP contribution in [-0.2, 0) is 14.8 Å². The van der Waals surface area contributed by atoms with Crippen molar-refractivity contribution in [2.75, 3.05) is 18.8 Å². The molecule has 2 saturated heterocycles. The highest BCUT2D eigenvalue weighted by Gasteiger charge is 2.23. The first-order valence-corrected chi connectivity index (χ1v) is 8.70. The van der Waals surface area contributed by atoms with Crippen LogP contribution in [0.1, 0.15) is 38.5 Å². The molecule has 2 aliphatic heterocycles. The van der Waals surface area contributed by atoms with E-state index >= 15 is 0 Å². The van der Waals surface area contributed by atoms with Gasteiger partial charge >= 0.3 is 0 Å². The molecule has 7 heteroatoms. The second-order valence-electron chi connectivity index (χ2n) is 5.41. The van der Waals surface area contributed by atoms with Crippen molar-refractivity contribution in [2.24, 2.45) is 0 Å². The summed E-state index contributed by atoms with van der Waals surface area (Å²) in [4.78, 5) is 11.0. The molecule has 110 valence electrons. The van der Waals surface area contributed by atoms with Crippen LogP contribution in [0.25, 0.3) is 0 Å². The molecular weight excluding hydrogens is 266 g/mol. The van der Waals surface area contributed by atoms with E-state index in [0.29, 0.717) is 31.8 Å². The van der Waals surface area contributed by atoms with E-state index in [4.69, 9.17) is 0 Å². The maximum absolute atomic E-state index is 11.9. The highest BCUT2D eigenvalue weighted by Crippen LogP contribution is 2.11. The summed E-state index contributed by atoms with van der Waals surface area (Å²) in [5, 5.41) is 6.10. The molecule has 1 amide bonds. The third-order valence-electron chi connectivity index (χ3n) is 3.78. The number of nitrogens with one attached hydrogen (secondary N) is 3. The summed E-state index contributed by atoms with van der Waals surface area (Å²) in [6.45, 7) is 1.30. The van der Waals surface area contributed by atoms with E-state index in [1.165, 1.54) is 12.8 Å². The summed E-state index contributed by atoms with van der Waals surface area (Å²) < 4.78 is 26.3. The van der Waals surface area contributed by atoms with Crippen molar-refractivity contribution in [3.05, 3.63) is 0 Å². The van der Waals surface area contributed by atoms with Gasteiger partial charge in [-0.25, -0.2) is 13.1 Å². The van der Waals surface area contributed by atoms with Crippen molar-refractivity contribution in [1.29, 1.82) is 0 Å². The molecule has 2 atom stereocenters. The highest BCUT2D eigenvalue weighted by molar-refractivity contribution is 7.89. The molecular formula is C12H23N3O3S. The van der Waals surface area contributed by atoms with Gasteiger partial charge in [-0.2, -0.15) is 0 Å². The van der Waals surface area contributed by atoms with Crippen LogP contribution in [0, 0.1) is 0 Å². The first-order chi connectivity index (χ1) is 9.05. The lowest BCUT2D eigenvalue weighted by Gasteiger charge is -2.23. The highest BCUT2D eigenvalue weighted by atomic mass is 32.2. The number of sulfonamides is 1. The van der Waals surface area contributed by atoms with E-state index in [1.807, 2.05) is 0 Å². The zero-order valence-electron chi connectivity index (χ0n) is 11.2. The fraction of sp³-hybridized carbons (Fsp3) is 0.917. The summed E-state index contributed by atoms with van der Waals surface area (Å²) >= 11 is 0. The minimum Gasteiger partial charge on any atom is -0.352 e. The van der Waals surface area contributed by atoms with Crippen LogP contribution in [0.2, 0.25) is 0 Å². The molecule has 2 rings (SSSR count).